The first kappa shape index (κ1) is 27.4. The second-order valence-electron chi connectivity index (χ2n) is 8.53. The third-order valence-electron chi connectivity index (χ3n) is 6.23. The summed E-state index contributed by atoms with van der Waals surface area (Å²) in [6.07, 6.45) is -1.63. The van der Waals surface area contributed by atoms with Gasteiger partial charge in [-0.3, -0.25) is 14.5 Å². The summed E-state index contributed by atoms with van der Waals surface area (Å²) in [6.45, 7) is 11.6. The van der Waals surface area contributed by atoms with Crippen molar-refractivity contribution in [2.45, 2.75) is 32.9 Å². The number of amides is 1. The van der Waals surface area contributed by atoms with Gasteiger partial charge in [-0.25, -0.2) is 4.79 Å². The van der Waals surface area contributed by atoms with Crippen LogP contribution in [0.1, 0.15) is 35.7 Å². The molecule has 0 bridgehead atoms. The molecule has 1 N–H and O–H groups in total. The van der Waals surface area contributed by atoms with E-state index in [0.29, 0.717) is 26.2 Å². The number of carbonyl (C=O) groups is 3. The number of fused-ring (bicyclic) bond motifs is 1. The molecule has 0 aromatic heterocycles. The molecule has 7 nitrogen and oxygen atoms in total. The number of hydrogen-bond donors (Lipinski definition) is 1. The van der Waals surface area contributed by atoms with Crippen molar-refractivity contribution in [1.29, 1.82) is 0 Å². The minimum absolute atomic E-state index is 0.0647. The first-order valence-corrected chi connectivity index (χ1v) is 11.1. The van der Waals surface area contributed by atoms with E-state index in [1.807, 2.05) is 49.1 Å². The molecule has 0 saturated carbocycles. The lowest BCUT2D eigenvalue weighted by atomic mass is 9.75. The van der Waals surface area contributed by atoms with E-state index in [9.17, 15) is 22.8 Å². The predicted molar refractivity (Wildman–Crippen MR) is 119 cm³/mol. The lowest BCUT2D eigenvalue weighted by Gasteiger charge is -2.31. The molecule has 0 unspecified atom stereocenters. The zero-order valence-corrected chi connectivity index (χ0v) is 19.4. The number of esters is 1. The first-order chi connectivity index (χ1) is 16.0. The molecule has 2 aliphatic rings. The van der Waals surface area contributed by atoms with Gasteiger partial charge >= 0.3 is 18.1 Å². The molecule has 2 saturated heterocycles. The quantitative estimate of drug-likeness (QED) is 0.508. The summed E-state index contributed by atoms with van der Waals surface area (Å²) in [5.74, 6) is -2.71. The number of likely N-dealkylation sites (tertiary alicyclic amines) is 2. The van der Waals surface area contributed by atoms with Gasteiger partial charge in [0.15, 0.2) is 0 Å². The zero-order chi connectivity index (χ0) is 25.5. The molecular weight excluding hydrogens is 453 g/mol. The number of aliphatic carboxylic acids is 1. The molecule has 1 amide bonds. The number of carboxylic acids is 1. The molecular formula is C24H31F3N2O5. The van der Waals surface area contributed by atoms with E-state index in [-0.39, 0.29) is 17.8 Å². The summed E-state index contributed by atoms with van der Waals surface area (Å²) in [7, 11) is 0. The second kappa shape index (κ2) is 11.5. The van der Waals surface area contributed by atoms with Gasteiger partial charge in [0, 0.05) is 44.2 Å². The number of hydrogen-bond acceptors (Lipinski definition) is 5. The summed E-state index contributed by atoms with van der Waals surface area (Å²) >= 11 is 0. The lowest BCUT2D eigenvalue weighted by molar-refractivity contribution is -0.192. The van der Waals surface area contributed by atoms with Gasteiger partial charge in [0.2, 0.25) is 0 Å². The maximum Gasteiger partial charge on any atom is 0.490 e. The minimum atomic E-state index is -5.08. The maximum absolute atomic E-state index is 13.1. The number of alkyl halides is 3. The number of benzene rings is 1. The van der Waals surface area contributed by atoms with Crippen molar-refractivity contribution in [2.24, 2.45) is 11.3 Å². The average Bonchev–Trinajstić information content (AvgIpc) is 3.00. The van der Waals surface area contributed by atoms with E-state index in [0.717, 1.165) is 37.1 Å². The van der Waals surface area contributed by atoms with Crippen molar-refractivity contribution in [1.82, 2.24) is 9.80 Å². The van der Waals surface area contributed by atoms with E-state index in [4.69, 9.17) is 14.6 Å². The van der Waals surface area contributed by atoms with Crippen LogP contribution in [0.15, 0.2) is 36.9 Å². The number of ether oxygens (including phenoxy) is 1. The van der Waals surface area contributed by atoms with Crippen LogP contribution in [-0.4, -0.2) is 78.3 Å². The smallest absolute Gasteiger partial charge is 0.475 e. The third kappa shape index (κ3) is 6.37. The Hall–Kier alpha value is -2.88. The highest BCUT2D eigenvalue weighted by molar-refractivity contribution is 5.95. The van der Waals surface area contributed by atoms with Gasteiger partial charge in [0.05, 0.1) is 12.0 Å². The van der Waals surface area contributed by atoms with E-state index in [1.54, 1.807) is 0 Å². The Bertz CT molecular complexity index is 905. The number of carbonyl (C=O) groups excluding carboxylic acids is 2. The van der Waals surface area contributed by atoms with E-state index < -0.39 is 17.6 Å². The fraction of sp³-hybridized carbons (Fsp3) is 0.542. The van der Waals surface area contributed by atoms with Crippen LogP contribution in [0.3, 0.4) is 0 Å². The molecule has 0 aliphatic carbocycles. The minimum Gasteiger partial charge on any atom is -0.475 e. The molecule has 0 spiro atoms. The zero-order valence-electron chi connectivity index (χ0n) is 19.4. The number of nitrogens with zero attached hydrogens (tertiary/aromatic N) is 2. The van der Waals surface area contributed by atoms with Crippen molar-refractivity contribution in [3.05, 3.63) is 48.0 Å². The van der Waals surface area contributed by atoms with Crippen LogP contribution in [0.4, 0.5) is 13.2 Å². The molecule has 3 rings (SSSR count). The van der Waals surface area contributed by atoms with Crippen LogP contribution in [0, 0.1) is 18.3 Å². The predicted octanol–water partition coefficient (Wildman–Crippen LogP) is 3.53. The monoisotopic (exact) mass is 484 g/mol. The summed E-state index contributed by atoms with van der Waals surface area (Å²) in [4.78, 5) is 39.2. The van der Waals surface area contributed by atoms with Gasteiger partial charge < -0.3 is 14.7 Å². The van der Waals surface area contributed by atoms with Crippen LogP contribution in [0.25, 0.3) is 0 Å². The number of aryl methyl sites for hydroxylation is 1. The highest BCUT2D eigenvalue weighted by Crippen LogP contribution is 2.44. The van der Waals surface area contributed by atoms with Crippen LogP contribution >= 0.6 is 0 Å². The van der Waals surface area contributed by atoms with Crippen LogP contribution < -0.4 is 0 Å². The van der Waals surface area contributed by atoms with E-state index in [1.165, 1.54) is 0 Å². The van der Waals surface area contributed by atoms with Crippen molar-refractivity contribution in [3.8, 4) is 0 Å². The van der Waals surface area contributed by atoms with Crippen LogP contribution in [-0.2, 0) is 14.3 Å². The molecule has 2 fully saturated rings. The highest BCUT2D eigenvalue weighted by atomic mass is 19.4. The van der Waals surface area contributed by atoms with Gasteiger partial charge in [0.1, 0.15) is 0 Å². The third-order valence-corrected chi connectivity index (χ3v) is 6.23. The van der Waals surface area contributed by atoms with Gasteiger partial charge in [-0.1, -0.05) is 24.3 Å². The fourth-order valence-electron chi connectivity index (χ4n) is 4.63. The molecule has 0 radical (unpaired) electrons. The molecule has 2 atom stereocenters. The highest BCUT2D eigenvalue weighted by Gasteiger charge is 2.54. The maximum atomic E-state index is 13.1. The Kier molecular flexibility index (Phi) is 9.26. The lowest BCUT2D eigenvalue weighted by Crippen LogP contribution is -2.43. The average molecular weight is 485 g/mol. The molecule has 1 aromatic carbocycles. The van der Waals surface area contributed by atoms with Crippen molar-refractivity contribution < 1.29 is 37.4 Å². The Balaban J connectivity index is 0.000000509. The van der Waals surface area contributed by atoms with Crippen LogP contribution in [0.2, 0.25) is 0 Å². The molecule has 2 aliphatic heterocycles. The van der Waals surface area contributed by atoms with Gasteiger partial charge in [-0.05, 0) is 38.3 Å². The normalized spacial score (nSPS) is 22.6. The summed E-state index contributed by atoms with van der Waals surface area (Å²) in [6, 6.07) is 7.71. The molecule has 188 valence electrons. The van der Waals surface area contributed by atoms with E-state index in [2.05, 4.69) is 11.5 Å². The van der Waals surface area contributed by atoms with Gasteiger partial charge in [-0.15, -0.1) is 6.58 Å². The van der Waals surface area contributed by atoms with Crippen molar-refractivity contribution >= 4 is 17.8 Å². The topological polar surface area (TPSA) is 87.2 Å². The summed E-state index contributed by atoms with van der Waals surface area (Å²) < 4.78 is 37.2. The van der Waals surface area contributed by atoms with Crippen molar-refractivity contribution in [2.75, 3.05) is 39.3 Å². The Labute approximate surface area is 197 Å². The largest absolute Gasteiger partial charge is 0.490 e. The van der Waals surface area contributed by atoms with Crippen LogP contribution in [0.5, 0.6) is 0 Å². The number of carboxylic acid groups (broad SMARTS) is 1. The Morgan fingerprint density at radius 3 is 2.47 bits per heavy atom. The van der Waals surface area contributed by atoms with Gasteiger partial charge in [0.25, 0.3) is 5.91 Å². The summed E-state index contributed by atoms with van der Waals surface area (Å²) in [5.41, 5.74) is 1.23. The number of halogens is 3. The van der Waals surface area contributed by atoms with Crippen molar-refractivity contribution in [3.63, 3.8) is 0 Å². The molecule has 1 aromatic rings. The van der Waals surface area contributed by atoms with Gasteiger partial charge in [-0.2, -0.15) is 13.2 Å². The Morgan fingerprint density at radius 2 is 1.91 bits per heavy atom. The Morgan fingerprint density at radius 1 is 1.26 bits per heavy atom. The molecule has 2 heterocycles. The first-order valence-electron chi connectivity index (χ1n) is 11.1. The molecule has 34 heavy (non-hydrogen) atoms. The molecule has 10 heteroatoms. The standard InChI is InChI=1S/C22H30N2O3.C2HF3O2/c1-4-12-23-14-18-15-24(20(25)19-10-7-6-9-17(19)3)13-8-11-22(18,16-23)21(26)27-5-2;3-2(4,5)1(6)7/h4,6-7,9-10,18H,1,5,8,11-16H2,2-3H3;(H,6,7)/t18-,22+;/m1./s1. The van der Waals surface area contributed by atoms with E-state index >= 15 is 0 Å². The summed E-state index contributed by atoms with van der Waals surface area (Å²) in [5, 5.41) is 7.12. The number of rotatable bonds is 5. The second-order valence-corrected chi connectivity index (χ2v) is 8.53. The fourth-order valence-corrected chi connectivity index (χ4v) is 4.63. The SMILES string of the molecule is C=CCN1C[C@@H]2CN(C(=O)c3ccccc3C)CCC[C@]2(C(=O)OCC)C1.O=C(O)C(F)(F)F.